The number of hydrogen-bond acceptors (Lipinski definition) is 3. The SMILES string of the molecule is COc1cc(NC(=O)[C@]2(C)CC2(Cl)Cl)ccc1N1CCCC1=O. The molecule has 1 heterocycles. The fourth-order valence-electron chi connectivity index (χ4n) is 2.80. The molecular formula is C16H18Cl2N2O3. The van der Waals surface area contributed by atoms with Crippen molar-refractivity contribution >= 4 is 46.4 Å². The number of methoxy groups -OCH3 is 1. The number of carbonyl (C=O) groups excluding carboxylic acids is 2. The van der Waals surface area contributed by atoms with E-state index < -0.39 is 9.75 Å². The van der Waals surface area contributed by atoms with Crippen LogP contribution in [0.25, 0.3) is 0 Å². The molecular weight excluding hydrogens is 339 g/mol. The van der Waals surface area contributed by atoms with Crippen LogP contribution in [0.2, 0.25) is 0 Å². The van der Waals surface area contributed by atoms with Crippen LogP contribution in [0.4, 0.5) is 11.4 Å². The van der Waals surface area contributed by atoms with Gasteiger partial charge in [-0.25, -0.2) is 0 Å². The lowest BCUT2D eigenvalue weighted by Gasteiger charge is -2.20. The van der Waals surface area contributed by atoms with Crippen LogP contribution in [-0.4, -0.2) is 29.8 Å². The third-order valence-corrected chi connectivity index (χ3v) is 5.66. The van der Waals surface area contributed by atoms with Crippen LogP contribution >= 0.6 is 23.2 Å². The van der Waals surface area contributed by atoms with Crippen LogP contribution in [-0.2, 0) is 9.59 Å². The third kappa shape index (κ3) is 2.76. The smallest absolute Gasteiger partial charge is 0.233 e. The fourth-order valence-corrected chi connectivity index (χ4v) is 3.50. The molecule has 5 nitrogen and oxygen atoms in total. The molecule has 124 valence electrons. The summed E-state index contributed by atoms with van der Waals surface area (Å²) in [5, 5.41) is 2.81. The van der Waals surface area contributed by atoms with E-state index in [2.05, 4.69) is 5.32 Å². The quantitative estimate of drug-likeness (QED) is 0.841. The van der Waals surface area contributed by atoms with Crippen LogP contribution in [0.15, 0.2) is 18.2 Å². The van der Waals surface area contributed by atoms with Gasteiger partial charge < -0.3 is 15.0 Å². The number of hydrogen-bond donors (Lipinski definition) is 1. The molecule has 1 aliphatic heterocycles. The normalized spacial score (nSPS) is 25.4. The van der Waals surface area contributed by atoms with Crippen LogP contribution in [0.1, 0.15) is 26.2 Å². The minimum absolute atomic E-state index is 0.0830. The van der Waals surface area contributed by atoms with Crippen molar-refractivity contribution in [2.45, 2.75) is 30.5 Å². The standard InChI is InChI=1S/C16H18Cl2N2O3/c1-15(9-16(15,17)18)14(22)19-10-5-6-11(12(8-10)23-2)20-7-3-4-13(20)21/h5-6,8H,3-4,7,9H2,1-2H3,(H,19,22)/t15-/m0/s1. The summed E-state index contributed by atoms with van der Waals surface area (Å²) in [5.74, 6) is 0.399. The molecule has 1 aromatic carbocycles. The van der Waals surface area contributed by atoms with Crippen LogP contribution in [0, 0.1) is 5.41 Å². The molecule has 1 saturated heterocycles. The summed E-state index contributed by atoms with van der Waals surface area (Å²) in [4.78, 5) is 25.9. The summed E-state index contributed by atoms with van der Waals surface area (Å²) >= 11 is 12.1. The van der Waals surface area contributed by atoms with Crippen molar-refractivity contribution in [1.82, 2.24) is 0 Å². The van der Waals surface area contributed by atoms with Gasteiger partial charge in [0.2, 0.25) is 11.8 Å². The monoisotopic (exact) mass is 356 g/mol. The van der Waals surface area contributed by atoms with Gasteiger partial charge in [-0.3, -0.25) is 9.59 Å². The van der Waals surface area contributed by atoms with E-state index in [-0.39, 0.29) is 11.8 Å². The molecule has 0 aromatic heterocycles. The number of alkyl halides is 2. The van der Waals surface area contributed by atoms with E-state index in [0.717, 1.165) is 12.1 Å². The first kappa shape index (κ1) is 16.4. The number of nitrogens with one attached hydrogen (secondary N) is 1. The van der Waals surface area contributed by atoms with Crippen molar-refractivity contribution in [2.75, 3.05) is 23.9 Å². The molecule has 1 atom stereocenters. The summed E-state index contributed by atoms with van der Waals surface area (Å²) in [6.45, 7) is 2.41. The highest BCUT2D eigenvalue weighted by molar-refractivity contribution is 6.53. The summed E-state index contributed by atoms with van der Waals surface area (Å²) in [6.07, 6.45) is 1.81. The van der Waals surface area contributed by atoms with E-state index in [9.17, 15) is 9.59 Å². The minimum atomic E-state index is -1.01. The van der Waals surface area contributed by atoms with Gasteiger partial charge in [0.1, 0.15) is 10.1 Å². The van der Waals surface area contributed by atoms with Crippen LogP contribution in [0.3, 0.4) is 0 Å². The highest BCUT2D eigenvalue weighted by Gasteiger charge is 2.67. The number of amides is 2. The summed E-state index contributed by atoms with van der Waals surface area (Å²) in [5.41, 5.74) is 0.515. The van der Waals surface area contributed by atoms with Gasteiger partial charge in [0.15, 0.2) is 0 Å². The van der Waals surface area contributed by atoms with Gasteiger partial charge in [0.05, 0.1) is 18.2 Å². The summed E-state index contributed by atoms with van der Waals surface area (Å²) < 4.78 is 4.36. The zero-order valence-corrected chi connectivity index (χ0v) is 14.5. The summed E-state index contributed by atoms with van der Waals surface area (Å²) in [7, 11) is 1.54. The van der Waals surface area contributed by atoms with Gasteiger partial charge in [-0.1, -0.05) is 0 Å². The second-order valence-electron chi connectivity index (χ2n) is 6.20. The molecule has 2 amide bonds. The molecule has 0 radical (unpaired) electrons. The van der Waals surface area contributed by atoms with Crippen molar-refractivity contribution in [3.63, 3.8) is 0 Å². The number of nitrogens with zero attached hydrogens (tertiary/aromatic N) is 1. The third-order valence-electron chi connectivity index (χ3n) is 4.56. The van der Waals surface area contributed by atoms with Crippen molar-refractivity contribution in [3.8, 4) is 5.75 Å². The molecule has 2 fully saturated rings. The van der Waals surface area contributed by atoms with E-state index in [1.54, 1.807) is 30.0 Å². The van der Waals surface area contributed by atoms with E-state index in [4.69, 9.17) is 27.9 Å². The Morgan fingerprint density at radius 2 is 2.09 bits per heavy atom. The van der Waals surface area contributed by atoms with Gasteiger partial charge >= 0.3 is 0 Å². The average molecular weight is 357 g/mol. The maximum atomic E-state index is 12.3. The van der Waals surface area contributed by atoms with E-state index in [1.807, 2.05) is 0 Å². The second-order valence-corrected chi connectivity index (χ2v) is 7.69. The Bertz CT molecular complexity index is 677. The minimum Gasteiger partial charge on any atom is -0.494 e. The number of carbonyl (C=O) groups is 2. The average Bonchev–Trinajstić information content (AvgIpc) is 2.82. The topological polar surface area (TPSA) is 58.6 Å². The Kier molecular flexibility index (Phi) is 3.97. The predicted molar refractivity (Wildman–Crippen MR) is 90.4 cm³/mol. The van der Waals surface area contributed by atoms with Crippen molar-refractivity contribution < 1.29 is 14.3 Å². The Morgan fingerprint density at radius 3 is 2.61 bits per heavy atom. The Labute approximate surface area is 144 Å². The Hall–Kier alpha value is -1.46. The molecule has 1 N–H and O–H groups in total. The predicted octanol–water partition coefficient (Wildman–Crippen LogP) is 3.34. The maximum absolute atomic E-state index is 12.3. The first-order chi connectivity index (χ1) is 10.8. The first-order valence-corrected chi connectivity index (χ1v) is 8.22. The lowest BCUT2D eigenvalue weighted by atomic mass is 10.1. The first-order valence-electron chi connectivity index (χ1n) is 7.46. The van der Waals surface area contributed by atoms with Crippen LogP contribution < -0.4 is 15.0 Å². The van der Waals surface area contributed by atoms with E-state index in [0.29, 0.717) is 30.8 Å². The van der Waals surface area contributed by atoms with Crippen LogP contribution in [0.5, 0.6) is 5.75 Å². The van der Waals surface area contributed by atoms with E-state index in [1.165, 1.54) is 7.11 Å². The van der Waals surface area contributed by atoms with Gasteiger partial charge in [-0.2, -0.15) is 0 Å². The molecule has 3 rings (SSSR count). The second kappa shape index (κ2) is 5.56. The molecule has 2 aliphatic rings. The lowest BCUT2D eigenvalue weighted by molar-refractivity contribution is -0.120. The number of rotatable bonds is 4. The maximum Gasteiger partial charge on any atom is 0.233 e. The van der Waals surface area contributed by atoms with Gasteiger partial charge in [0, 0.05) is 24.7 Å². The zero-order valence-electron chi connectivity index (χ0n) is 13.0. The highest BCUT2D eigenvalue weighted by atomic mass is 35.5. The number of halogens is 2. The Balaban J connectivity index is 1.80. The molecule has 1 saturated carbocycles. The van der Waals surface area contributed by atoms with Gasteiger partial charge in [0.25, 0.3) is 0 Å². The van der Waals surface area contributed by atoms with Crippen molar-refractivity contribution in [1.29, 1.82) is 0 Å². The van der Waals surface area contributed by atoms with E-state index >= 15 is 0 Å². The number of benzene rings is 1. The molecule has 7 heteroatoms. The van der Waals surface area contributed by atoms with Crippen molar-refractivity contribution in [3.05, 3.63) is 18.2 Å². The van der Waals surface area contributed by atoms with Gasteiger partial charge in [-0.05, 0) is 31.9 Å². The summed E-state index contributed by atoms with van der Waals surface area (Å²) in [6, 6.07) is 5.23. The highest BCUT2D eigenvalue weighted by Crippen LogP contribution is 2.64. The zero-order chi connectivity index (χ0) is 16.8. The molecule has 0 bridgehead atoms. The number of ether oxygens (including phenoxy) is 1. The molecule has 0 spiro atoms. The lowest BCUT2D eigenvalue weighted by Crippen LogP contribution is -2.26. The molecule has 1 aliphatic carbocycles. The molecule has 0 unspecified atom stereocenters. The van der Waals surface area contributed by atoms with Crippen molar-refractivity contribution in [2.24, 2.45) is 5.41 Å². The largest absolute Gasteiger partial charge is 0.494 e. The fraction of sp³-hybridized carbons (Fsp3) is 0.500. The number of anilines is 2. The molecule has 23 heavy (non-hydrogen) atoms. The Morgan fingerprint density at radius 1 is 1.39 bits per heavy atom. The molecule has 1 aromatic rings. The van der Waals surface area contributed by atoms with Gasteiger partial charge in [-0.15, -0.1) is 23.2 Å².